The number of benzene rings is 7. The van der Waals surface area contributed by atoms with Crippen molar-refractivity contribution in [2.75, 3.05) is 0 Å². The van der Waals surface area contributed by atoms with Crippen LogP contribution in [-0.4, -0.2) is 29.9 Å². The van der Waals surface area contributed by atoms with Crippen molar-refractivity contribution in [3.8, 4) is 79.5 Å². The van der Waals surface area contributed by atoms with E-state index < -0.39 is 0 Å². The molecule has 0 saturated carbocycles. The van der Waals surface area contributed by atoms with Gasteiger partial charge in [0.1, 0.15) is 11.2 Å². The number of hydrogen-bond donors (Lipinski definition) is 0. The number of furan rings is 1. The zero-order valence-electron chi connectivity index (χ0n) is 29.4. The minimum Gasteiger partial charge on any atom is -0.455 e. The van der Waals surface area contributed by atoms with Gasteiger partial charge in [-0.1, -0.05) is 170 Å². The van der Waals surface area contributed by atoms with Crippen molar-refractivity contribution >= 4 is 21.9 Å². The van der Waals surface area contributed by atoms with Crippen LogP contribution in [0.3, 0.4) is 0 Å². The minimum absolute atomic E-state index is 0.579. The molecule has 0 N–H and O–H groups in total. The van der Waals surface area contributed by atoms with Gasteiger partial charge in [-0.3, -0.25) is 0 Å². The van der Waals surface area contributed by atoms with Crippen molar-refractivity contribution < 1.29 is 4.42 Å². The first-order valence-electron chi connectivity index (χ1n) is 18.0. The lowest BCUT2D eigenvalue weighted by atomic mass is 10.0. The van der Waals surface area contributed by atoms with Crippen molar-refractivity contribution in [3.63, 3.8) is 0 Å². The molecule has 55 heavy (non-hydrogen) atoms. The molecule has 0 atom stereocenters. The SMILES string of the molecule is c1ccc(-c2nc(-c3ccccc3)nc(-c3ccc(-c4cccc5c4oc4cc(-c6nc(-c7ccccc7)nc(-c7ccccc7)n6)ccc45)cc3)n2)cc1. The van der Waals surface area contributed by atoms with E-state index in [9.17, 15) is 0 Å². The molecule has 258 valence electrons. The minimum atomic E-state index is 0.579. The third-order valence-corrected chi connectivity index (χ3v) is 9.61. The number of nitrogens with zero attached hydrogens (tertiary/aromatic N) is 6. The van der Waals surface area contributed by atoms with E-state index in [1.54, 1.807) is 0 Å². The zero-order valence-corrected chi connectivity index (χ0v) is 29.4. The van der Waals surface area contributed by atoms with E-state index >= 15 is 0 Å². The highest BCUT2D eigenvalue weighted by Crippen LogP contribution is 2.38. The first-order valence-corrected chi connectivity index (χ1v) is 18.0. The molecule has 0 saturated heterocycles. The van der Waals surface area contributed by atoms with Gasteiger partial charge in [-0.2, -0.15) is 0 Å². The lowest BCUT2D eigenvalue weighted by Gasteiger charge is -2.09. The van der Waals surface area contributed by atoms with E-state index in [0.717, 1.165) is 66.4 Å². The molecule has 7 heteroatoms. The van der Waals surface area contributed by atoms with Gasteiger partial charge in [0.2, 0.25) is 0 Å². The van der Waals surface area contributed by atoms with Crippen LogP contribution in [0, 0.1) is 0 Å². The second-order valence-corrected chi connectivity index (χ2v) is 13.1. The highest BCUT2D eigenvalue weighted by Gasteiger charge is 2.17. The van der Waals surface area contributed by atoms with Crippen molar-refractivity contribution in [3.05, 3.63) is 182 Å². The van der Waals surface area contributed by atoms with Crippen LogP contribution >= 0.6 is 0 Å². The molecular weight excluding hydrogens is 677 g/mol. The maximum Gasteiger partial charge on any atom is 0.164 e. The number of para-hydroxylation sites is 1. The molecule has 0 fully saturated rings. The molecule has 0 unspecified atom stereocenters. The molecule has 0 spiro atoms. The fourth-order valence-corrected chi connectivity index (χ4v) is 6.84. The molecule has 0 bridgehead atoms. The van der Waals surface area contributed by atoms with Gasteiger partial charge in [0.15, 0.2) is 34.9 Å². The summed E-state index contributed by atoms with van der Waals surface area (Å²) in [5.41, 5.74) is 9.03. The molecule has 10 rings (SSSR count). The third-order valence-electron chi connectivity index (χ3n) is 9.61. The number of fused-ring (bicyclic) bond motifs is 3. The van der Waals surface area contributed by atoms with Crippen molar-refractivity contribution in [2.24, 2.45) is 0 Å². The molecule has 7 aromatic carbocycles. The predicted octanol–water partition coefficient (Wildman–Crippen LogP) is 11.6. The summed E-state index contributed by atoms with van der Waals surface area (Å²) in [7, 11) is 0. The van der Waals surface area contributed by atoms with Crippen LogP contribution in [0.25, 0.3) is 101 Å². The molecular formula is C48H30N6O. The summed E-state index contributed by atoms with van der Waals surface area (Å²) in [5, 5.41) is 2.05. The van der Waals surface area contributed by atoms with Gasteiger partial charge >= 0.3 is 0 Å². The van der Waals surface area contributed by atoms with Crippen LogP contribution in [0.15, 0.2) is 186 Å². The summed E-state index contributed by atoms with van der Waals surface area (Å²) < 4.78 is 6.67. The quantitative estimate of drug-likeness (QED) is 0.163. The Labute approximate surface area is 316 Å². The lowest BCUT2D eigenvalue weighted by molar-refractivity contribution is 0.670. The summed E-state index contributed by atoms with van der Waals surface area (Å²) in [4.78, 5) is 29.3. The van der Waals surface area contributed by atoms with Gasteiger partial charge in [-0.05, 0) is 17.7 Å². The smallest absolute Gasteiger partial charge is 0.164 e. The van der Waals surface area contributed by atoms with Gasteiger partial charge in [-0.25, -0.2) is 29.9 Å². The standard InChI is InChI=1S/C48H30N6O/c1-5-14-32(15-6-1)43-49-44(33-16-7-2-8-17-33)52-47(51-43)36-26-24-31(25-27-36)38-22-13-23-40-39-29-28-37(30-41(39)55-42(38)40)48-53-45(34-18-9-3-10-19-34)50-46(54-48)35-20-11-4-12-21-35/h1-30H. The predicted molar refractivity (Wildman–Crippen MR) is 219 cm³/mol. The highest BCUT2D eigenvalue weighted by atomic mass is 16.3. The van der Waals surface area contributed by atoms with Gasteiger partial charge in [0.25, 0.3) is 0 Å². The van der Waals surface area contributed by atoms with Crippen molar-refractivity contribution in [2.45, 2.75) is 0 Å². The Morgan fingerprint density at radius 1 is 0.273 bits per heavy atom. The summed E-state index contributed by atoms with van der Waals surface area (Å²) in [6.45, 7) is 0. The molecule has 10 aromatic rings. The topological polar surface area (TPSA) is 90.5 Å². The molecule has 0 aliphatic carbocycles. The van der Waals surface area contributed by atoms with Crippen LogP contribution < -0.4 is 0 Å². The van der Waals surface area contributed by atoms with Gasteiger partial charge in [-0.15, -0.1) is 0 Å². The Kier molecular flexibility index (Phi) is 8.00. The van der Waals surface area contributed by atoms with Gasteiger partial charge < -0.3 is 4.42 Å². The Bertz CT molecular complexity index is 2840. The summed E-state index contributed by atoms with van der Waals surface area (Å²) >= 11 is 0. The maximum atomic E-state index is 6.67. The first kappa shape index (κ1) is 32.0. The van der Waals surface area contributed by atoms with Gasteiger partial charge in [0, 0.05) is 49.7 Å². The maximum absolute atomic E-state index is 6.67. The second kappa shape index (κ2) is 13.7. The van der Waals surface area contributed by atoms with Crippen LogP contribution in [0.4, 0.5) is 0 Å². The fourth-order valence-electron chi connectivity index (χ4n) is 6.84. The molecule has 0 aliphatic rings. The second-order valence-electron chi connectivity index (χ2n) is 13.1. The normalized spacial score (nSPS) is 11.3. The van der Waals surface area contributed by atoms with Crippen LogP contribution in [0.5, 0.6) is 0 Å². The number of aromatic nitrogens is 6. The van der Waals surface area contributed by atoms with Crippen LogP contribution in [0.2, 0.25) is 0 Å². The lowest BCUT2D eigenvalue weighted by Crippen LogP contribution is -2.00. The first-order chi connectivity index (χ1) is 27.2. The molecule has 3 aromatic heterocycles. The third kappa shape index (κ3) is 6.19. The van der Waals surface area contributed by atoms with Crippen molar-refractivity contribution in [1.82, 2.24) is 29.9 Å². The Morgan fingerprint density at radius 3 is 1.07 bits per heavy atom. The molecule has 0 radical (unpaired) electrons. The van der Waals surface area contributed by atoms with E-state index in [1.807, 2.05) is 127 Å². The van der Waals surface area contributed by atoms with E-state index in [1.165, 1.54) is 0 Å². The van der Waals surface area contributed by atoms with E-state index in [2.05, 4.69) is 54.6 Å². The molecule has 0 amide bonds. The average molecular weight is 707 g/mol. The summed E-state index contributed by atoms with van der Waals surface area (Å²) in [5.74, 6) is 3.68. The largest absolute Gasteiger partial charge is 0.455 e. The molecule has 0 aliphatic heterocycles. The zero-order chi connectivity index (χ0) is 36.6. The van der Waals surface area contributed by atoms with Crippen LogP contribution in [-0.2, 0) is 0 Å². The summed E-state index contributed by atoms with van der Waals surface area (Å²) in [6, 6.07) is 60.7. The Balaban J connectivity index is 1.03. The highest BCUT2D eigenvalue weighted by molar-refractivity contribution is 6.10. The number of rotatable bonds is 7. The fraction of sp³-hybridized carbons (Fsp3) is 0. The van der Waals surface area contributed by atoms with E-state index in [0.29, 0.717) is 34.9 Å². The summed E-state index contributed by atoms with van der Waals surface area (Å²) in [6.07, 6.45) is 0. The Hall–Kier alpha value is -7.64. The van der Waals surface area contributed by atoms with Crippen LogP contribution in [0.1, 0.15) is 0 Å². The Morgan fingerprint density at radius 2 is 0.636 bits per heavy atom. The van der Waals surface area contributed by atoms with Gasteiger partial charge in [0.05, 0.1) is 0 Å². The number of hydrogen-bond acceptors (Lipinski definition) is 7. The molecule has 7 nitrogen and oxygen atoms in total. The van der Waals surface area contributed by atoms with E-state index in [-0.39, 0.29) is 0 Å². The molecule has 3 heterocycles. The van der Waals surface area contributed by atoms with Crippen molar-refractivity contribution in [1.29, 1.82) is 0 Å². The monoisotopic (exact) mass is 706 g/mol. The van der Waals surface area contributed by atoms with E-state index in [4.69, 9.17) is 34.3 Å². The average Bonchev–Trinajstić information content (AvgIpc) is 3.66.